The van der Waals surface area contributed by atoms with Gasteiger partial charge in [-0.2, -0.15) is 0 Å². The Kier molecular flexibility index (Phi) is 10.8. The van der Waals surface area contributed by atoms with Crippen molar-refractivity contribution in [2.24, 2.45) is 0 Å². The van der Waals surface area contributed by atoms with Gasteiger partial charge in [-0.15, -0.1) is 0 Å². The normalized spacial score (nSPS) is 19.8. The molecule has 206 valence electrons. The second-order valence-corrected chi connectivity index (χ2v) is 11.4. The number of ether oxygens (including phenoxy) is 2. The number of hydrogen-bond acceptors (Lipinski definition) is 6. The molecule has 1 unspecified atom stereocenters. The first-order valence-electron chi connectivity index (χ1n) is 13.6. The Bertz CT molecular complexity index is 897. The summed E-state index contributed by atoms with van der Waals surface area (Å²) < 4.78 is 23.2. The lowest BCUT2D eigenvalue weighted by Crippen LogP contribution is -2.44. The van der Waals surface area contributed by atoms with Crippen LogP contribution in [0.5, 0.6) is 0 Å². The van der Waals surface area contributed by atoms with Crippen molar-refractivity contribution in [3.8, 4) is 0 Å². The molecule has 1 saturated heterocycles. The van der Waals surface area contributed by atoms with Crippen LogP contribution >= 0.6 is 0 Å². The molecule has 8 heteroatoms. The van der Waals surface area contributed by atoms with Gasteiger partial charge in [-0.05, 0) is 91.6 Å². The topological polar surface area (TPSA) is 83.1 Å². The Hall–Kier alpha value is -2.32. The zero-order valence-corrected chi connectivity index (χ0v) is 24.2. The lowest BCUT2D eigenvalue weighted by Gasteiger charge is -2.32. The Morgan fingerprint density at radius 1 is 1.05 bits per heavy atom. The highest BCUT2D eigenvalue weighted by atomic mass is 16.7. The van der Waals surface area contributed by atoms with Crippen molar-refractivity contribution in [2.45, 2.75) is 123 Å². The summed E-state index contributed by atoms with van der Waals surface area (Å²) in [6, 6.07) is 7.10. The zero-order valence-electron chi connectivity index (χ0n) is 24.2. The second-order valence-electron chi connectivity index (χ2n) is 11.4. The molecule has 0 spiro atoms. The summed E-state index contributed by atoms with van der Waals surface area (Å²) in [4.78, 5) is 25.1. The van der Waals surface area contributed by atoms with Crippen LogP contribution in [0, 0.1) is 0 Å². The molecular formula is C29H46BNO6. The van der Waals surface area contributed by atoms with Gasteiger partial charge in [-0.1, -0.05) is 50.3 Å². The third-order valence-corrected chi connectivity index (χ3v) is 6.70. The molecule has 2 aliphatic rings. The van der Waals surface area contributed by atoms with Crippen molar-refractivity contribution < 1.29 is 28.4 Å². The quantitative estimate of drug-likeness (QED) is 0.365. The molecule has 0 bridgehead atoms. The van der Waals surface area contributed by atoms with Crippen LogP contribution in [0.1, 0.15) is 100.0 Å². The highest BCUT2D eigenvalue weighted by Gasteiger charge is 2.51. The maximum atomic E-state index is 12.8. The van der Waals surface area contributed by atoms with Crippen LogP contribution in [0.2, 0.25) is 0 Å². The van der Waals surface area contributed by atoms with Crippen molar-refractivity contribution in [1.29, 1.82) is 0 Å². The summed E-state index contributed by atoms with van der Waals surface area (Å²) in [6.45, 7) is 17.5. The molecule has 37 heavy (non-hydrogen) atoms. The van der Waals surface area contributed by atoms with Crippen LogP contribution in [0.3, 0.4) is 0 Å². The monoisotopic (exact) mass is 515 g/mol. The molecule has 1 aromatic carbocycles. The Morgan fingerprint density at radius 2 is 1.59 bits per heavy atom. The fourth-order valence-corrected chi connectivity index (χ4v) is 4.00. The average molecular weight is 516 g/mol. The highest BCUT2D eigenvalue weighted by Crippen LogP contribution is 2.36. The molecule has 3 rings (SSSR count). The zero-order chi connectivity index (χ0) is 27.9. The Labute approximate surface area is 223 Å². The van der Waals surface area contributed by atoms with E-state index < -0.39 is 30.8 Å². The number of carbonyl (C=O) groups is 2. The van der Waals surface area contributed by atoms with Gasteiger partial charge in [0.25, 0.3) is 0 Å². The third kappa shape index (κ3) is 9.18. The minimum Gasteiger partial charge on any atom is -0.461 e. The molecule has 1 amide bonds. The van der Waals surface area contributed by atoms with Gasteiger partial charge in [0.2, 0.25) is 0 Å². The minimum absolute atomic E-state index is 0.0723. The van der Waals surface area contributed by atoms with Gasteiger partial charge in [-0.3, -0.25) is 0 Å². The first-order valence-corrected chi connectivity index (χ1v) is 13.6. The third-order valence-electron chi connectivity index (χ3n) is 6.70. The van der Waals surface area contributed by atoms with Crippen molar-refractivity contribution >= 4 is 30.7 Å². The summed E-state index contributed by atoms with van der Waals surface area (Å²) >= 11 is 0. The fourth-order valence-electron chi connectivity index (χ4n) is 4.00. The predicted octanol–water partition coefficient (Wildman–Crippen LogP) is 5.79. The van der Waals surface area contributed by atoms with Gasteiger partial charge in [0.15, 0.2) is 0 Å². The summed E-state index contributed by atoms with van der Waals surface area (Å²) in [7, 11) is -0.411. The maximum absolute atomic E-state index is 12.8. The molecule has 1 heterocycles. The van der Waals surface area contributed by atoms with Crippen molar-refractivity contribution in [3.63, 3.8) is 0 Å². The van der Waals surface area contributed by atoms with E-state index in [1.54, 1.807) is 20.8 Å². The van der Waals surface area contributed by atoms with Gasteiger partial charge < -0.3 is 24.1 Å². The van der Waals surface area contributed by atoms with E-state index >= 15 is 0 Å². The smallest absolute Gasteiger partial charge is 0.461 e. The molecule has 1 atom stereocenters. The maximum Gasteiger partial charge on any atom is 0.494 e. The first kappa shape index (κ1) is 30.9. The molecule has 0 radical (unpaired) electrons. The highest BCUT2D eigenvalue weighted by molar-refractivity contribution is 6.62. The number of hydrogen-bond donors (Lipinski definition) is 1. The Balaban J connectivity index is 0.00000235. The lowest BCUT2D eigenvalue weighted by molar-refractivity contribution is -0.151. The number of nitrogens with one attached hydrogen (secondary N) is 1. The number of amides is 1. The molecule has 1 aromatic rings. The first-order chi connectivity index (χ1) is 17.3. The van der Waals surface area contributed by atoms with E-state index in [9.17, 15) is 9.59 Å². The van der Waals surface area contributed by atoms with Crippen LogP contribution in [-0.2, 0) is 23.6 Å². The summed E-state index contributed by atoms with van der Waals surface area (Å²) in [5.41, 5.74) is 0.480. The largest absolute Gasteiger partial charge is 0.494 e. The van der Waals surface area contributed by atoms with Gasteiger partial charge in [-0.25, -0.2) is 9.59 Å². The van der Waals surface area contributed by atoms with E-state index in [1.165, 1.54) is 0 Å². The number of carbonyl (C=O) groups excluding carboxylic acids is 2. The van der Waals surface area contributed by atoms with Gasteiger partial charge >= 0.3 is 19.2 Å². The van der Waals surface area contributed by atoms with E-state index in [0.29, 0.717) is 6.42 Å². The fraction of sp³-hybridized carbons (Fsp3) is 0.655. The van der Waals surface area contributed by atoms with E-state index in [-0.39, 0.29) is 17.3 Å². The number of esters is 1. The van der Waals surface area contributed by atoms with Gasteiger partial charge in [0, 0.05) is 0 Å². The average Bonchev–Trinajstić information content (AvgIpc) is 3.38. The van der Waals surface area contributed by atoms with Gasteiger partial charge in [0.1, 0.15) is 17.7 Å². The van der Waals surface area contributed by atoms with Crippen LogP contribution < -0.4 is 10.8 Å². The molecule has 1 N–H and O–H groups in total. The van der Waals surface area contributed by atoms with Crippen LogP contribution in [0.4, 0.5) is 4.79 Å². The number of rotatable bonds is 7. The van der Waals surface area contributed by atoms with E-state index in [1.807, 2.05) is 78.0 Å². The van der Waals surface area contributed by atoms with Crippen LogP contribution in [0.15, 0.2) is 30.3 Å². The summed E-state index contributed by atoms with van der Waals surface area (Å²) in [5, 5.41) is 2.68. The number of benzene rings is 1. The standard InChI is InChI=1S/C27H40BNO6.C2H6/c1-25(2,3)33-24(31)29-22(23(30)32-21-12-8-9-13-21)14-10-11-19-15-17-20(18-16-19)28-34-26(4,5)27(6,7)35-28;1-2/h10-11,15-18,21-22H,8-9,12-14H2,1-7H3,(H,29,31);1-2H3/b11-10+;. The van der Waals surface area contributed by atoms with E-state index in [4.69, 9.17) is 18.8 Å². The summed E-state index contributed by atoms with van der Waals surface area (Å²) in [6.07, 6.45) is 7.23. The predicted molar refractivity (Wildman–Crippen MR) is 149 cm³/mol. The molecule has 1 saturated carbocycles. The van der Waals surface area contributed by atoms with Gasteiger partial charge in [0.05, 0.1) is 11.2 Å². The van der Waals surface area contributed by atoms with Crippen LogP contribution in [0.25, 0.3) is 6.08 Å². The minimum atomic E-state index is -0.814. The second kappa shape index (κ2) is 13.0. The van der Waals surface area contributed by atoms with Crippen LogP contribution in [-0.4, -0.2) is 48.1 Å². The van der Waals surface area contributed by atoms with Crippen molar-refractivity contribution in [1.82, 2.24) is 5.32 Å². The molecule has 7 nitrogen and oxygen atoms in total. The molecule has 0 aromatic heterocycles. The molecule has 1 aliphatic heterocycles. The van der Waals surface area contributed by atoms with E-state index in [2.05, 4.69) is 5.32 Å². The van der Waals surface area contributed by atoms with Crippen molar-refractivity contribution in [3.05, 3.63) is 35.9 Å². The van der Waals surface area contributed by atoms with E-state index in [0.717, 1.165) is 36.7 Å². The van der Waals surface area contributed by atoms with Crippen molar-refractivity contribution in [2.75, 3.05) is 0 Å². The molecular weight excluding hydrogens is 469 g/mol. The molecule has 1 aliphatic carbocycles. The SMILES string of the molecule is CC.CC(C)(C)OC(=O)NC(C/C=C/c1ccc(B2OC(C)(C)C(C)(C)O2)cc1)C(=O)OC1CCCC1. The number of alkyl carbamates (subject to hydrolysis) is 1. The Morgan fingerprint density at radius 3 is 2.11 bits per heavy atom. The molecule has 2 fully saturated rings. The lowest BCUT2D eigenvalue weighted by atomic mass is 9.79. The summed E-state index contributed by atoms with van der Waals surface area (Å²) in [5.74, 6) is -0.427.